The molecule has 1 aromatic heterocycles. The van der Waals surface area contributed by atoms with E-state index >= 15 is 0 Å². The summed E-state index contributed by atoms with van der Waals surface area (Å²) in [6.07, 6.45) is 0. The summed E-state index contributed by atoms with van der Waals surface area (Å²) in [4.78, 5) is 26.9. The van der Waals surface area contributed by atoms with Crippen molar-refractivity contribution in [3.8, 4) is 50.6 Å². The maximum absolute atomic E-state index is 12.8. The molecular formula is C29H20ClNO6. The molecule has 5 aromatic rings. The van der Waals surface area contributed by atoms with Crippen LogP contribution in [-0.4, -0.2) is 33.4 Å². The minimum Gasteiger partial charge on any atom is -0.506 e. The van der Waals surface area contributed by atoms with Gasteiger partial charge in [0.1, 0.15) is 5.75 Å². The summed E-state index contributed by atoms with van der Waals surface area (Å²) >= 11 is 6.55. The Morgan fingerprint density at radius 2 is 1.51 bits per heavy atom. The Balaban J connectivity index is 1.62. The summed E-state index contributed by atoms with van der Waals surface area (Å²) in [6.45, 7) is 0. The summed E-state index contributed by atoms with van der Waals surface area (Å²) in [5.74, 6) is -1.02. The maximum Gasteiger partial charge on any atom is 0.335 e. The Bertz CT molecular complexity index is 1740. The van der Waals surface area contributed by atoms with E-state index in [0.717, 1.165) is 11.1 Å². The van der Waals surface area contributed by atoms with Crippen LogP contribution >= 0.6 is 11.6 Å². The van der Waals surface area contributed by atoms with E-state index in [2.05, 4.69) is 4.98 Å². The largest absolute Gasteiger partial charge is 0.506 e. The molecule has 0 amide bonds. The first kappa shape index (κ1) is 24.0. The van der Waals surface area contributed by atoms with E-state index in [1.807, 2.05) is 24.3 Å². The van der Waals surface area contributed by atoms with E-state index in [1.54, 1.807) is 36.4 Å². The predicted molar refractivity (Wildman–Crippen MR) is 143 cm³/mol. The van der Waals surface area contributed by atoms with Crippen LogP contribution in [0.25, 0.3) is 44.3 Å². The second-order valence-corrected chi connectivity index (χ2v) is 8.78. The number of carbonyl (C=O) groups is 1. The molecule has 0 aliphatic carbocycles. The maximum atomic E-state index is 12.8. The van der Waals surface area contributed by atoms with Gasteiger partial charge in [0.25, 0.3) is 5.56 Å². The van der Waals surface area contributed by atoms with Gasteiger partial charge in [-0.1, -0.05) is 60.1 Å². The van der Waals surface area contributed by atoms with E-state index in [0.29, 0.717) is 32.8 Å². The number of fused-ring (bicyclic) bond motifs is 1. The molecule has 7 nitrogen and oxygen atoms in total. The first-order valence-corrected chi connectivity index (χ1v) is 11.5. The van der Waals surface area contributed by atoms with Crippen molar-refractivity contribution >= 4 is 28.5 Å². The molecule has 0 fully saturated rings. The van der Waals surface area contributed by atoms with Gasteiger partial charge in [0.15, 0.2) is 11.5 Å². The van der Waals surface area contributed by atoms with Crippen LogP contribution in [0.1, 0.15) is 10.4 Å². The minimum atomic E-state index is -1.14. The molecule has 0 radical (unpaired) electrons. The molecule has 4 aromatic carbocycles. The first-order valence-electron chi connectivity index (χ1n) is 11.2. The average Bonchev–Trinajstić information content (AvgIpc) is 2.89. The standard InChI is InChI=1S/C29H20ClNO6/c1-37-24-7-3-6-19(26(24)32)15-8-10-16(11-9-15)20-13-21-23(14-22(20)30)31-28(34)25(27(21)33)17-4-2-5-18(12-17)29(35)36/h2-14,32H,1H3,(H,35,36)(H2,31,33,34). The van der Waals surface area contributed by atoms with Crippen LogP contribution in [0, 0.1) is 0 Å². The second-order valence-electron chi connectivity index (χ2n) is 8.38. The second kappa shape index (κ2) is 9.37. The van der Waals surface area contributed by atoms with Crippen LogP contribution in [0.15, 0.2) is 83.7 Å². The van der Waals surface area contributed by atoms with E-state index in [-0.39, 0.29) is 28.2 Å². The topological polar surface area (TPSA) is 120 Å². The highest BCUT2D eigenvalue weighted by atomic mass is 35.5. The number of carboxylic acids is 1. The van der Waals surface area contributed by atoms with Crippen molar-refractivity contribution < 1.29 is 24.9 Å². The average molecular weight is 514 g/mol. The molecule has 0 bridgehead atoms. The summed E-state index contributed by atoms with van der Waals surface area (Å²) in [5.41, 5.74) is 2.75. The third-order valence-electron chi connectivity index (χ3n) is 6.20. The third kappa shape index (κ3) is 4.26. The Morgan fingerprint density at radius 3 is 2.19 bits per heavy atom. The lowest BCUT2D eigenvalue weighted by Gasteiger charge is -2.13. The van der Waals surface area contributed by atoms with E-state index in [4.69, 9.17) is 16.3 Å². The number of aromatic carboxylic acids is 1. The number of hydrogen-bond donors (Lipinski definition) is 4. The number of aromatic nitrogens is 1. The van der Waals surface area contributed by atoms with E-state index in [1.165, 1.54) is 25.3 Å². The van der Waals surface area contributed by atoms with Crippen LogP contribution < -0.4 is 10.3 Å². The van der Waals surface area contributed by atoms with Crippen molar-refractivity contribution in [3.63, 3.8) is 0 Å². The Morgan fingerprint density at radius 1 is 0.838 bits per heavy atom. The lowest BCUT2D eigenvalue weighted by atomic mass is 9.97. The summed E-state index contributed by atoms with van der Waals surface area (Å²) in [6, 6.07) is 21.6. The van der Waals surface area contributed by atoms with Crippen molar-refractivity contribution in [1.29, 1.82) is 0 Å². The monoisotopic (exact) mass is 513 g/mol. The summed E-state index contributed by atoms with van der Waals surface area (Å²) in [5, 5.41) is 31.6. The number of pyridine rings is 1. The fraction of sp³-hybridized carbons (Fsp3) is 0.0345. The number of H-pyrrole nitrogens is 1. The molecular weight excluding hydrogens is 494 g/mol. The van der Waals surface area contributed by atoms with Gasteiger partial charge in [-0.05, 0) is 47.0 Å². The van der Waals surface area contributed by atoms with Crippen LogP contribution in [0.2, 0.25) is 5.02 Å². The van der Waals surface area contributed by atoms with Crippen LogP contribution in [0.5, 0.6) is 17.2 Å². The Hall–Kier alpha value is -4.75. The Kier molecular flexibility index (Phi) is 6.07. The number of carboxylic acid groups (broad SMARTS) is 1. The quantitative estimate of drug-likeness (QED) is 0.219. The lowest BCUT2D eigenvalue weighted by molar-refractivity contribution is 0.0697. The van der Waals surface area contributed by atoms with Crippen LogP contribution in [-0.2, 0) is 0 Å². The lowest BCUT2D eigenvalue weighted by Crippen LogP contribution is -2.10. The first-order chi connectivity index (χ1) is 17.8. The van der Waals surface area contributed by atoms with Gasteiger partial charge in [0.2, 0.25) is 0 Å². The van der Waals surface area contributed by atoms with Crippen LogP contribution in [0.3, 0.4) is 0 Å². The number of phenols is 1. The molecule has 0 saturated carbocycles. The zero-order chi connectivity index (χ0) is 26.3. The number of rotatable bonds is 5. The van der Waals surface area contributed by atoms with Gasteiger partial charge in [0, 0.05) is 16.5 Å². The van der Waals surface area contributed by atoms with E-state index < -0.39 is 11.5 Å². The number of ether oxygens (including phenoxy) is 1. The van der Waals surface area contributed by atoms with Crippen molar-refractivity contribution in [3.05, 3.63) is 99.8 Å². The van der Waals surface area contributed by atoms with Gasteiger partial charge in [-0.2, -0.15) is 0 Å². The van der Waals surface area contributed by atoms with Gasteiger partial charge < -0.3 is 25.0 Å². The molecule has 184 valence electrons. The number of nitrogens with one attached hydrogen (secondary N) is 1. The van der Waals surface area contributed by atoms with Gasteiger partial charge >= 0.3 is 5.97 Å². The van der Waals surface area contributed by atoms with Gasteiger partial charge in [-0.3, -0.25) is 4.79 Å². The molecule has 0 saturated heterocycles. The van der Waals surface area contributed by atoms with Gasteiger partial charge in [0.05, 0.1) is 28.8 Å². The number of aromatic hydroxyl groups is 2. The molecule has 4 N–H and O–H groups in total. The fourth-order valence-corrected chi connectivity index (χ4v) is 4.62. The molecule has 0 aliphatic rings. The zero-order valence-corrected chi connectivity index (χ0v) is 20.2. The molecule has 0 spiro atoms. The number of hydrogen-bond acceptors (Lipinski definition) is 5. The van der Waals surface area contributed by atoms with Crippen molar-refractivity contribution in [1.82, 2.24) is 4.98 Å². The molecule has 0 aliphatic heterocycles. The SMILES string of the molecule is COc1cccc(-c2ccc(-c3cc4c(O)c(-c5cccc(C(=O)O)c5)c(=O)[nH]c4cc3Cl)cc2)c1O. The highest BCUT2D eigenvalue weighted by molar-refractivity contribution is 6.34. The number of para-hydroxylation sites is 1. The smallest absolute Gasteiger partial charge is 0.335 e. The summed E-state index contributed by atoms with van der Waals surface area (Å²) in [7, 11) is 1.49. The molecule has 1 heterocycles. The predicted octanol–water partition coefficient (Wildman–Crippen LogP) is 6.30. The molecule has 0 atom stereocenters. The summed E-state index contributed by atoms with van der Waals surface area (Å²) < 4.78 is 5.19. The van der Waals surface area contributed by atoms with Crippen molar-refractivity contribution in [2.75, 3.05) is 7.11 Å². The van der Waals surface area contributed by atoms with Gasteiger partial charge in [-0.15, -0.1) is 0 Å². The molecule has 5 rings (SSSR count). The number of methoxy groups -OCH3 is 1. The highest BCUT2D eigenvalue weighted by Crippen LogP contribution is 2.40. The van der Waals surface area contributed by atoms with E-state index in [9.17, 15) is 24.9 Å². The van der Waals surface area contributed by atoms with Crippen LogP contribution in [0.4, 0.5) is 0 Å². The number of benzene rings is 4. The van der Waals surface area contributed by atoms with Gasteiger partial charge in [-0.25, -0.2) is 4.79 Å². The molecule has 8 heteroatoms. The Labute approximate surface area is 215 Å². The molecule has 37 heavy (non-hydrogen) atoms. The molecule has 0 unspecified atom stereocenters. The number of halogens is 1. The number of phenolic OH excluding ortho intramolecular Hbond substituents is 1. The normalized spacial score (nSPS) is 11.0. The highest BCUT2D eigenvalue weighted by Gasteiger charge is 2.18. The fourth-order valence-electron chi connectivity index (χ4n) is 4.35. The van der Waals surface area contributed by atoms with Crippen molar-refractivity contribution in [2.45, 2.75) is 0 Å². The third-order valence-corrected chi connectivity index (χ3v) is 6.51. The van der Waals surface area contributed by atoms with Crippen molar-refractivity contribution in [2.24, 2.45) is 0 Å². The zero-order valence-electron chi connectivity index (χ0n) is 19.4. The number of aromatic amines is 1. The minimum absolute atomic E-state index is 0.00430.